The zero-order valence-corrected chi connectivity index (χ0v) is 25.2. The SMILES string of the molecule is CCCNC(=O)c1cc(C(C)(C)C)cc(NC(=O)C(=O)c2ccc(OCCN3CCOCC3)c3ccccc23)c1OC. The predicted molar refractivity (Wildman–Crippen MR) is 164 cm³/mol. The number of nitrogens with one attached hydrogen (secondary N) is 2. The molecule has 0 aromatic heterocycles. The molecule has 0 bridgehead atoms. The molecule has 0 spiro atoms. The predicted octanol–water partition coefficient (Wildman–Crippen LogP) is 4.82. The molecule has 1 aliphatic heterocycles. The van der Waals surface area contributed by atoms with Crippen molar-refractivity contribution in [2.24, 2.45) is 0 Å². The van der Waals surface area contributed by atoms with Crippen LogP contribution in [-0.4, -0.2) is 75.6 Å². The van der Waals surface area contributed by atoms with Gasteiger partial charge in [-0.3, -0.25) is 19.3 Å². The molecule has 4 rings (SSSR count). The standard InChI is InChI=1S/C33H41N3O6/c1-6-13-34-31(38)26-20-22(33(2,3)4)21-27(30(26)40-5)35-32(39)29(37)25-11-12-28(24-10-8-7-9-23(24)25)42-19-16-36-14-17-41-18-15-36/h7-12,20-21H,6,13-19H2,1-5H3,(H,34,38)(H,35,39). The van der Waals surface area contributed by atoms with Crippen LogP contribution in [0, 0.1) is 0 Å². The molecule has 1 aliphatic rings. The van der Waals surface area contributed by atoms with Gasteiger partial charge in [0.05, 0.1) is 31.6 Å². The lowest BCUT2D eigenvalue weighted by Crippen LogP contribution is -2.38. The number of Topliss-reactive ketones (excluding diaryl/α,β-unsaturated/α-hetero) is 1. The molecule has 2 amide bonds. The van der Waals surface area contributed by atoms with Crippen molar-refractivity contribution in [3.05, 3.63) is 65.2 Å². The quantitative estimate of drug-likeness (QED) is 0.250. The molecule has 0 unspecified atom stereocenters. The van der Waals surface area contributed by atoms with E-state index < -0.39 is 11.7 Å². The Morgan fingerprint density at radius 3 is 2.36 bits per heavy atom. The number of hydrogen-bond donors (Lipinski definition) is 2. The van der Waals surface area contributed by atoms with Gasteiger partial charge in [-0.1, -0.05) is 52.0 Å². The first-order valence-corrected chi connectivity index (χ1v) is 14.4. The molecule has 0 atom stereocenters. The van der Waals surface area contributed by atoms with Gasteiger partial charge in [-0.2, -0.15) is 0 Å². The van der Waals surface area contributed by atoms with E-state index in [-0.39, 0.29) is 28.3 Å². The molecule has 224 valence electrons. The second-order valence-electron chi connectivity index (χ2n) is 11.4. The van der Waals surface area contributed by atoms with Crippen LogP contribution >= 0.6 is 0 Å². The second kappa shape index (κ2) is 13.8. The summed E-state index contributed by atoms with van der Waals surface area (Å²) in [7, 11) is 1.44. The van der Waals surface area contributed by atoms with Gasteiger partial charge in [0.1, 0.15) is 12.4 Å². The van der Waals surface area contributed by atoms with Gasteiger partial charge in [0, 0.05) is 37.1 Å². The van der Waals surface area contributed by atoms with Crippen LogP contribution in [0.2, 0.25) is 0 Å². The Labute approximate surface area is 247 Å². The Balaban J connectivity index is 1.60. The van der Waals surface area contributed by atoms with E-state index in [0.29, 0.717) is 29.9 Å². The number of methoxy groups -OCH3 is 1. The van der Waals surface area contributed by atoms with E-state index in [9.17, 15) is 14.4 Å². The van der Waals surface area contributed by atoms with Gasteiger partial charge in [-0.25, -0.2) is 0 Å². The Morgan fingerprint density at radius 1 is 0.976 bits per heavy atom. The van der Waals surface area contributed by atoms with Crippen LogP contribution in [0.5, 0.6) is 11.5 Å². The van der Waals surface area contributed by atoms with Gasteiger partial charge < -0.3 is 24.8 Å². The Kier molecular flexibility index (Phi) is 10.2. The topological polar surface area (TPSA) is 106 Å². The lowest BCUT2D eigenvalue weighted by atomic mass is 9.85. The minimum absolute atomic E-state index is 0.201. The molecule has 0 aliphatic carbocycles. The first kappa shape index (κ1) is 31.0. The van der Waals surface area contributed by atoms with Crippen LogP contribution in [0.4, 0.5) is 5.69 Å². The van der Waals surface area contributed by atoms with Crippen LogP contribution in [0.1, 0.15) is 60.4 Å². The van der Waals surface area contributed by atoms with Crippen LogP contribution in [0.25, 0.3) is 10.8 Å². The number of fused-ring (bicyclic) bond motifs is 1. The first-order chi connectivity index (χ1) is 20.1. The van der Waals surface area contributed by atoms with Crippen LogP contribution in [0.15, 0.2) is 48.5 Å². The largest absolute Gasteiger partial charge is 0.494 e. The maximum Gasteiger partial charge on any atom is 0.296 e. The normalized spacial score (nSPS) is 13.9. The van der Waals surface area contributed by atoms with Crippen molar-refractivity contribution in [2.75, 3.05) is 58.4 Å². The smallest absolute Gasteiger partial charge is 0.296 e. The first-order valence-electron chi connectivity index (χ1n) is 14.4. The summed E-state index contributed by atoms with van der Waals surface area (Å²) in [6.45, 7) is 13.0. The molecule has 0 radical (unpaired) electrons. The fraction of sp³-hybridized carbons (Fsp3) is 0.424. The van der Waals surface area contributed by atoms with E-state index in [1.54, 1.807) is 24.3 Å². The van der Waals surface area contributed by atoms with E-state index in [1.165, 1.54) is 7.11 Å². The fourth-order valence-corrected chi connectivity index (χ4v) is 4.88. The van der Waals surface area contributed by atoms with Crippen LogP contribution in [0.3, 0.4) is 0 Å². The summed E-state index contributed by atoms with van der Waals surface area (Å²) in [6, 6.07) is 14.3. The van der Waals surface area contributed by atoms with Gasteiger partial charge >= 0.3 is 0 Å². The molecule has 1 saturated heterocycles. The zero-order valence-electron chi connectivity index (χ0n) is 25.2. The molecule has 1 fully saturated rings. The van der Waals surface area contributed by atoms with E-state index in [4.69, 9.17) is 14.2 Å². The highest BCUT2D eigenvalue weighted by molar-refractivity contribution is 6.48. The summed E-state index contributed by atoms with van der Waals surface area (Å²) in [5, 5.41) is 6.98. The van der Waals surface area contributed by atoms with Crippen molar-refractivity contribution in [3.63, 3.8) is 0 Å². The number of carbonyl (C=O) groups is 3. The van der Waals surface area contributed by atoms with Crippen molar-refractivity contribution >= 4 is 34.1 Å². The van der Waals surface area contributed by atoms with E-state index in [0.717, 1.165) is 50.2 Å². The third-order valence-electron chi connectivity index (χ3n) is 7.29. The Morgan fingerprint density at radius 2 is 1.69 bits per heavy atom. The summed E-state index contributed by atoms with van der Waals surface area (Å²) < 4.78 is 17.1. The van der Waals surface area contributed by atoms with E-state index >= 15 is 0 Å². The molecule has 3 aromatic carbocycles. The summed E-state index contributed by atoms with van der Waals surface area (Å²) >= 11 is 0. The minimum Gasteiger partial charge on any atom is -0.494 e. The molecule has 42 heavy (non-hydrogen) atoms. The lowest BCUT2D eigenvalue weighted by Gasteiger charge is -2.26. The van der Waals surface area contributed by atoms with Crippen LogP contribution < -0.4 is 20.1 Å². The Hall–Kier alpha value is -3.95. The summed E-state index contributed by atoms with van der Waals surface area (Å²) in [5.74, 6) is -0.988. The number of rotatable bonds is 11. The lowest BCUT2D eigenvalue weighted by molar-refractivity contribution is -0.112. The summed E-state index contributed by atoms with van der Waals surface area (Å²) in [6.07, 6.45) is 0.775. The number of nitrogens with zero attached hydrogens (tertiary/aromatic N) is 1. The van der Waals surface area contributed by atoms with Crippen LogP contribution in [-0.2, 0) is 14.9 Å². The molecule has 0 saturated carbocycles. The van der Waals surface area contributed by atoms with Crippen molar-refractivity contribution < 1.29 is 28.6 Å². The number of morpholine rings is 1. The average Bonchev–Trinajstić information content (AvgIpc) is 2.99. The highest BCUT2D eigenvalue weighted by atomic mass is 16.5. The molecule has 1 heterocycles. The highest BCUT2D eigenvalue weighted by Gasteiger charge is 2.26. The molecule has 9 nitrogen and oxygen atoms in total. The number of benzene rings is 3. The molecular weight excluding hydrogens is 534 g/mol. The monoisotopic (exact) mass is 575 g/mol. The third kappa shape index (κ3) is 7.27. The maximum absolute atomic E-state index is 13.5. The van der Waals surface area contributed by atoms with Crippen molar-refractivity contribution in [3.8, 4) is 11.5 Å². The number of ether oxygens (including phenoxy) is 3. The molecule has 9 heteroatoms. The average molecular weight is 576 g/mol. The van der Waals surface area contributed by atoms with Gasteiger partial charge in [0.2, 0.25) is 0 Å². The second-order valence-corrected chi connectivity index (χ2v) is 11.4. The van der Waals surface area contributed by atoms with Gasteiger partial charge in [0.15, 0.2) is 5.75 Å². The van der Waals surface area contributed by atoms with Crippen molar-refractivity contribution in [2.45, 2.75) is 39.5 Å². The van der Waals surface area contributed by atoms with Crippen molar-refractivity contribution in [1.29, 1.82) is 0 Å². The summed E-state index contributed by atoms with van der Waals surface area (Å²) in [4.78, 5) is 42.2. The van der Waals surface area contributed by atoms with Gasteiger partial charge in [0.25, 0.3) is 17.6 Å². The summed E-state index contributed by atoms with van der Waals surface area (Å²) in [5.41, 5.74) is 1.30. The minimum atomic E-state index is -0.828. The third-order valence-corrected chi connectivity index (χ3v) is 7.29. The van der Waals surface area contributed by atoms with E-state index in [1.807, 2.05) is 52.0 Å². The number of amides is 2. The highest BCUT2D eigenvalue weighted by Crippen LogP contribution is 2.36. The molecular formula is C33H41N3O6. The van der Waals surface area contributed by atoms with Crippen molar-refractivity contribution in [1.82, 2.24) is 10.2 Å². The fourth-order valence-electron chi connectivity index (χ4n) is 4.88. The maximum atomic E-state index is 13.5. The zero-order chi connectivity index (χ0) is 30.3. The molecule has 2 N–H and O–H groups in total. The number of hydrogen-bond acceptors (Lipinski definition) is 7. The van der Waals surface area contributed by atoms with Gasteiger partial charge in [-0.15, -0.1) is 0 Å². The molecule has 3 aromatic rings. The Bertz CT molecular complexity index is 1440. The van der Waals surface area contributed by atoms with Gasteiger partial charge in [-0.05, 0) is 47.1 Å². The number of anilines is 1. The van der Waals surface area contributed by atoms with E-state index in [2.05, 4.69) is 15.5 Å². The number of ketones is 1. The number of carbonyl (C=O) groups excluding carboxylic acids is 3.